The van der Waals surface area contributed by atoms with Crippen LogP contribution in [0.3, 0.4) is 0 Å². The van der Waals surface area contributed by atoms with Gasteiger partial charge in [0.1, 0.15) is 6.10 Å². The Balaban J connectivity index is 1.56. The van der Waals surface area contributed by atoms with Gasteiger partial charge in [-0.3, -0.25) is 0 Å². The minimum Gasteiger partial charge on any atom is -0.389 e. The van der Waals surface area contributed by atoms with Crippen molar-refractivity contribution in [2.45, 2.75) is 26.1 Å². The summed E-state index contributed by atoms with van der Waals surface area (Å²) in [6, 6.07) is 20.4. The molecular weight excluding hydrogens is 310 g/mol. The van der Waals surface area contributed by atoms with Crippen molar-refractivity contribution in [2.75, 3.05) is 26.2 Å². The summed E-state index contributed by atoms with van der Waals surface area (Å²) >= 11 is 0. The fraction of sp³-hybridized carbons (Fsp3) is 0.455. The summed E-state index contributed by atoms with van der Waals surface area (Å²) in [6.07, 6.45) is -0.597. The van der Waals surface area contributed by atoms with E-state index in [1.54, 1.807) is 0 Å². The fourth-order valence-corrected chi connectivity index (χ4v) is 3.38. The lowest BCUT2D eigenvalue weighted by atomic mass is 9.88. The molecular formula is C22H29NO2. The van der Waals surface area contributed by atoms with Gasteiger partial charge in [0.25, 0.3) is 0 Å². The van der Waals surface area contributed by atoms with Crippen LogP contribution < -0.4 is 0 Å². The van der Waals surface area contributed by atoms with E-state index in [-0.39, 0.29) is 6.10 Å². The molecule has 1 saturated heterocycles. The topological polar surface area (TPSA) is 32.7 Å². The van der Waals surface area contributed by atoms with Gasteiger partial charge in [-0.15, -0.1) is 0 Å². The summed E-state index contributed by atoms with van der Waals surface area (Å²) in [5, 5.41) is 10.4. The largest absolute Gasteiger partial charge is 0.389 e. The lowest BCUT2D eigenvalue weighted by molar-refractivity contribution is -0.0322. The molecule has 0 radical (unpaired) electrons. The number of nitrogens with zero attached hydrogens (tertiary/aromatic N) is 1. The van der Waals surface area contributed by atoms with Crippen molar-refractivity contribution in [3.63, 3.8) is 0 Å². The lowest BCUT2D eigenvalue weighted by Gasteiger charge is -2.42. The van der Waals surface area contributed by atoms with Gasteiger partial charge in [0.15, 0.2) is 0 Å². The van der Waals surface area contributed by atoms with Crippen LogP contribution in [-0.4, -0.2) is 42.4 Å². The highest BCUT2D eigenvalue weighted by Gasteiger charge is 2.30. The van der Waals surface area contributed by atoms with E-state index in [9.17, 15) is 5.11 Å². The zero-order valence-corrected chi connectivity index (χ0v) is 15.2. The number of benzene rings is 2. The third-order valence-electron chi connectivity index (χ3n) is 5.06. The van der Waals surface area contributed by atoms with Crippen LogP contribution >= 0.6 is 0 Å². The Kier molecular flexibility index (Phi) is 6.24. The highest BCUT2D eigenvalue weighted by molar-refractivity contribution is 5.29. The average molecular weight is 339 g/mol. The monoisotopic (exact) mass is 339 g/mol. The number of ether oxygens (including phenoxy) is 1. The van der Waals surface area contributed by atoms with Gasteiger partial charge in [-0.25, -0.2) is 0 Å². The van der Waals surface area contributed by atoms with E-state index in [1.807, 2.05) is 36.4 Å². The van der Waals surface area contributed by atoms with Gasteiger partial charge in [-0.1, -0.05) is 74.5 Å². The molecule has 1 aliphatic heterocycles. The first-order valence-corrected chi connectivity index (χ1v) is 9.25. The van der Waals surface area contributed by atoms with Crippen LogP contribution in [0.5, 0.6) is 0 Å². The summed E-state index contributed by atoms with van der Waals surface area (Å²) in [7, 11) is 0. The molecule has 1 N–H and O–H groups in total. The Morgan fingerprint density at radius 3 is 1.96 bits per heavy atom. The molecule has 1 unspecified atom stereocenters. The zero-order valence-electron chi connectivity index (χ0n) is 15.2. The third-order valence-corrected chi connectivity index (χ3v) is 5.06. The van der Waals surface area contributed by atoms with Crippen LogP contribution in [0, 0.1) is 11.8 Å². The van der Waals surface area contributed by atoms with Crippen molar-refractivity contribution < 1.29 is 9.84 Å². The molecule has 0 spiro atoms. The molecule has 1 atom stereocenters. The molecule has 0 aliphatic carbocycles. The molecule has 0 aromatic heterocycles. The Hall–Kier alpha value is -1.68. The van der Waals surface area contributed by atoms with Crippen molar-refractivity contribution in [3.05, 3.63) is 71.8 Å². The summed E-state index contributed by atoms with van der Waals surface area (Å²) in [5.74, 6) is 1.50. The summed E-state index contributed by atoms with van der Waals surface area (Å²) < 4.78 is 6.14. The number of aliphatic hydroxyl groups is 1. The van der Waals surface area contributed by atoms with E-state index in [0.29, 0.717) is 13.2 Å². The molecule has 3 rings (SSSR count). The molecule has 2 aromatic rings. The molecule has 25 heavy (non-hydrogen) atoms. The summed E-state index contributed by atoms with van der Waals surface area (Å²) in [4.78, 5) is 2.32. The van der Waals surface area contributed by atoms with Crippen molar-refractivity contribution >= 4 is 0 Å². The maximum Gasteiger partial charge on any atom is 0.108 e. The van der Waals surface area contributed by atoms with E-state index >= 15 is 0 Å². The molecule has 134 valence electrons. The van der Waals surface area contributed by atoms with Crippen LogP contribution in [0.15, 0.2) is 60.7 Å². The molecule has 1 aliphatic rings. The van der Waals surface area contributed by atoms with E-state index in [1.165, 1.54) is 0 Å². The van der Waals surface area contributed by atoms with E-state index in [0.717, 1.165) is 36.1 Å². The molecule has 0 bridgehead atoms. The van der Waals surface area contributed by atoms with Crippen LogP contribution in [0.1, 0.15) is 31.1 Å². The first-order valence-electron chi connectivity index (χ1n) is 9.25. The van der Waals surface area contributed by atoms with Gasteiger partial charge in [-0.2, -0.15) is 0 Å². The first-order chi connectivity index (χ1) is 12.1. The summed E-state index contributed by atoms with van der Waals surface area (Å²) in [5.41, 5.74) is 2.23. The number of hydrogen-bond donors (Lipinski definition) is 1. The second-order valence-corrected chi connectivity index (χ2v) is 7.41. The van der Waals surface area contributed by atoms with Crippen molar-refractivity contribution in [3.8, 4) is 0 Å². The third kappa shape index (κ3) is 4.91. The smallest absolute Gasteiger partial charge is 0.108 e. The summed E-state index contributed by atoms with van der Waals surface area (Å²) in [6.45, 7) is 7.76. The van der Waals surface area contributed by atoms with Gasteiger partial charge < -0.3 is 14.7 Å². The van der Waals surface area contributed by atoms with Gasteiger partial charge in [0.05, 0.1) is 12.7 Å². The van der Waals surface area contributed by atoms with E-state index in [2.05, 4.69) is 43.0 Å². The van der Waals surface area contributed by atoms with Crippen LogP contribution in [0.4, 0.5) is 0 Å². The number of β-amino-alcohol motifs (C(OH)–C–C–N with tert-alkyl or cyclic N) is 1. The second-order valence-electron chi connectivity index (χ2n) is 7.41. The number of aliphatic hydroxyl groups excluding tert-OH is 1. The van der Waals surface area contributed by atoms with Crippen LogP contribution in [0.25, 0.3) is 0 Å². The van der Waals surface area contributed by atoms with Gasteiger partial charge in [0, 0.05) is 19.6 Å². The predicted octanol–water partition coefficient (Wildman–Crippen LogP) is 3.74. The minimum atomic E-state index is -0.456. The quantitative estimate of drug-likeness (QED) is 0.795. The molecule has 1 fully saturated rings. The highest BCUT2D eigenvalue weighted by Crippen LogP contribution is 2.27. The number of likely N-dealkylation sites (tertiary alicyclic amines) is 1. The fourth-order valence-electron chi connectivity index (χ4n) is 3.38. The second kappa shape index (κ2) is 8.61. The molecule has 2 aromatic carbocycles. The first kappa shape index (κ1) is 18.1. The Labute approximate surface area is 151 Å². The van der Waals surface area contributed by atoms with Crippen molar-refractivity contribution in [2.24, 2.45) is 11.8 Å². The molecule has 3 heteroatoms. The molecule has 1 heterocycles. The Morgan fingerprint density at radius 1 is 0.960 bits per heavy atom. The maximum absolute atomic E-state index is 10.4. The predicted molar refractivity (Wildman–Crippen MR) is 101 cm³/mol. The Bertz CT molecular complexity index is 583. The highest BCUT2D eigenvalue weighted by atomic mass is 16.5. The van der Waals surface area contributed by atoms with E-state index < -0.39 is 6.10 Å². The van der Waals surface area contributed by atoms with Crippen LogP contribution in [-0.2, 0) is 4.74 Å². The molecule has 3 nitrogen and oxygen atoms in total. The van der Waals surface area contributed by atoms with E-state index in [4.69, 9.17) is 4.74 Å². The normalized spacial score (nSPS) is 17.0. The average Bonchev–Trinajstić information content (AvgIpc) is 2.59. The number of hydrogen-bond acceptors (Lipinski definition) is 3. The number of rotatable bonds is 8. The molecule has 0 amide bonds. The van der Waals surface area contributed by atoms with Crippen LogP contribution in [0.2, 0.25) is 0 Å². The minimum absolute atomic E-state index is 0.142. The standard InChI is InChI=1S/C22H29NO2/c1-17(2)20-13-23(14-20)15-21(24)16-25-22(18-9-5-3-6-10-18)19-11-7-4-8-12-19/h3-12,17,20-22,24H,13-16H2,1-2H3. The van der Waals surface area contributed by atoms with Gasteiger partial charge in [-0.05, 0) is 23.0 Å². The lowest BCUT2D eigenvalue weighted by Crippen LogP contribution is -2.52. The van der Waals surface area contributed by atoms with Crippen molar-refractivity contribution in [1.29, 1.82) is 0 Å². The van der Waals surface area contributed by atoms with Gasteiger partial charge >= 0.3 is 0 Å². The van der Waals surface area contributed by atoms with Crippen molar-refractivity contribution in [1.82, 2.24) is 4.90 Å². The van der Waals surface area contributed by atoms with Gasteiger partial charge in [0.2, 0.25) is 0 Å². The Morgan fingerprint density at radius 2 is 1.48 bits per heavy atom. The maximum atomic E-state index is 10.4. The molecule has 0 saturated carbocycles. The SMILES string of the molecule is CC(C)C1CN(CC(O)COC(c2ccccc2)c2ccccc2)C1. The zero-order chi connectivity index (χ0) is 17.6.